The van der Waals surface area contributed by atoms with Crippen LogP contribution in [0.3, 0.4) is 0 Å². The molecule has 204 valence electrons. The molecule has 1 aliphatic heterocycles. The quantitative estimate of drug-likeness (QED) is 0.309. The monoisotopic (exact) mass is 580 g/mol. The van der Waals surface area contributed by atoms with E-state index in [1.54, 1.807) is 29.9 Å². The summed E-state index contributed by atoms with van der Waals surface area (Å²) in [7, 11) is -3.94. The van der Waals surface area contributed by atoms with Crippen LogP contribution < -0.4 is 15.0 Å². The minimum Gasteiger partial charge on any atom is -0.406 e. The van der Waals surface area contributed by atoms with Gasteiger partial charge < -0.3 is 15.0 Å². The Balaban J connectivity index is 1.32. The Kier molecular flexibility index (Phi) is 7.38. The van der Waals surface area contributed by atoms with Crippen LogP contribution >= 0.6 is 11.3 Å². The van der Waals surface area contributed by atoms with Gasteiger partial charge in [0.2, 0.25) is 16.0 Å². The number of nitrogens with one attached hydrogen (secondary N) is 1. The van der Waals surface area contributed by atoms with E-state index in [0.717, 1.165) is 29.1 Å². The van der Waals surface area contributed by atoms with Gasteiger partial charge >= 0.3 is 6.36 Å². The van der Waals surface area contributed by atoms with E-state index in [1.807, 2.05) is 4.90 Å². The van der Waals surface area contributed by atoms with E-state index in [2.05, 4.69) is 25.0 Å². The summed E-state index contributed by atoms with van der Waals surface area (Å²) in [5.41, 5.74) is 2.91. The third kappa shape index (κ3) is 6.43. The second-order valence-corrected chi connectivity index (χ2v) is 11.2. The molecule has 0 radical (unpaired) electrons. The first-order valence-electron chi connectivity index (χ1n) is 11.5. The number of ether oxygens (including phenoxy) is 1. The first-order chi connectivity index (χ1) is 18.6. The number of aromatic nitrogens is 3. The molecule has 9 nitrogen and oxygen atoms in total. The summed E-state index contributed by atoms with van der Waals surface area (Å²) in [4.78, 5) is 15.8. The van der Waals surface area contributed by atoms with Crippen molar-refractivity contribution in [3.05, 3.63) is 72.1 Å². The summed E-state index contributed by atoms with van der Waals surface area (Å²) in [6, 6.07) is 11.6. The molecule has 0 spiro atoms. The van der Waals surface area contributed by atoms with Gasteiger partial charge in [-0.3, -0.25) is 4.98 Å². The molecule has 4 aromatic rings. The molecule has 3 heterocycles. The van der Waals surface area contributed by atoms with Gasteiger partial charge in [0.15, 0.2) is 0 Å². The number of anilines is 3. The van der Waals surface area contributed by atoms with Gasteiger partial charge in [0.05, 0.1) is 21.0 Å². The number of hydrogen-bond acceptors (Lipinski definition) is 9. The van der Waals surface area contributed by atoms with Crippen molar-refractivity contribution in [3.8, 4) is 16.3 Å². The molecule has 0 amide bonds. The van der Waals surface area contributed by atoms with E-state index in [0.29, 0.717) is 23.1 Å². The first kappa shape index (κ1) is 26.8. The summed E-state index contributed by atoms with van der Waals surface area (Å²) in [5, 5.41) is 3.14. The van der Waals surface area contributed by atoms with Crippen LogP contribution in [0.4, 0.5) is 35.0 Å². The standard InChI is InChI=1S/C24H20F4N6O3S2/c25-16-1-3-17(4-2-16)30-22-13-20(21-14-29-15-38-21)31-23(32-22)33-9-11-34(12-10-33)39(35,36)19-7-5-18(6-8-19)37-24(26,27)28/h1-8,13-15H,9-12H2,(H,30,31,32). The van der Waals surface area contributed by atoms with Gasteiger partial charge in [-0.2, -0.15) is 9.29 Å². The van der Waals surface area contributed by atoms with Crippen LogP contribution in [-0.2, 0) is 10.0 Å². The van der Waals surface area contributed by atoms with E-state index in [-0.39, 0.29) is 36.9 Å². The molecule has 39 heavy (non-hydrogen) atoms. The predicted octanol–water partition coefficient (Wildman–Crippen LogP) is 4.89. The molecule has 2 aromatic heterocycles. The summed E-state index contributed by atoms with van der Waals surface area (Å²) >= 11 is 1.40. The fraction of sp³-hybridized carbons (Fsp3) is 0.208. The molecular formula is C24H20F4N6O3S2. The Morgan fingerprint density at radius 1 is 0.949 bits per heavy atom. The number of benzene rings is 2. The Hall–Kier alpha value is -3.82. The minimum atomic E-state index is -4.87. The van der Waals surface area contributed by atoms with Crippen molar-refractivity contribution >= 4 is 38.8 Å². The predicted molar refractivity (Wildman–Crippen MR) is 137 cm³/mol. The topological polar surface area (TPSA) is 101 Å². The normalized spacial score (nSPS) is 14.8. The summed E-state index contributed by atoms with van der Waals surface area (Å²) in [6.07, 6.45) is -3.20. The summed E-state index contributed by atoms with van der Waals surface area (Å²) in [5.74, 6) is -0.0376. The highest BCUT2D eigenvalue weighted by Crippen LogP contribution is 2.29. The lowest BCUT2D eigenvalue weighted by Crippen LogP contribution is -2.49. The van der Waals surface area contributed by atoms with Crippen LogP contribution in [0.5, 0.6) is 5.75 Å². The van der Waals surface area contributed by atoms with Crippen molar-refractivity contribution in [2.45, 2.75) is 11.3 Å². The van der Waals surface area contributed by atoms with Gasteiger partial charge in [-0.15, -0.1) is 24.5 Å². The molecule has 15 heteroatoms. The van der Waals surface area contributed by atoms with Crippen LogP contribution in [0.1, 0.15) is 0 Å². The van der Waals surface area contributed by atoms with Crippen LogP contribution in [0.15, 0.2) is 71.2 Å². The second-order valence-electron chi connectivity index (χ2n) is 8.35. The highest BCUT2D eigenvalue weighted by atomic mass is 32.2. The van der Waals surface area contributed by atoms with Gasteiger partial charge in [-0.1, -0.05) is 0 Å². The summed E-state index contributed by atoms with van der Waals surface area (Å²) < 4.78 is 81.8. The minimum absolute atomic E-state index is 0.109. The molecule has 1 fully saturated rings. The van der Waals surface area contributed by atoms with Crippen molar-refractivity contribution in [1.82, 2.24) is 19.3 Å². The number of hydrogen-bond donors (Lipinski definition) is 1. The Morgan fingerprint density at radius 2 is 1.64 bits per heavy atom. The van der Waals surface area contributed by atoms with Crippen molar-refractivity contribution < 1.29 is 30.7 Å². The van der Waals surface area contributed by atoms with Crippen molar-refractivity contribution in [1.29, 1.82) is 0 Å². The first-order valence-corrected chi connectivity index (χ1v) is 13.8. The van der Waals surface area contributed by atoms with Crippen molar-refractivity contribution in [2.75, 3.05) is 36.4 Å². The van der Waals surface area contributed by atoms with Gasteiger partial charge in [-0.25, -0.2) is 17.8 Å². The number of rotatable bonds is 7. The highest BCUT2D eigenvalue weighted by molar-refractivity contribution is 7.89. The lowest BCUT2D eigenvalue weighted by atomic mass is 10.3. The van der Waals surface area contributed by atoms with Gasteiger partial charge in [-0.05, 0) is 48.5 Å². The average molecular weight is 581 g/mol. The zero-order valence-corrected chi connectivity index (χ0v) is 21.6. The van der Waals surface area contributed by atoms with E-state index in [9.17, 15) is 26.0 Å². The Bertz CT molecular complexity index is 1530. The van der Waals surface area contributed by atoms with E-state index in [4.69, 9.17) is 0 Å². The van der Waals surface area contributed by atoms with Crippen LogP contribution in [0.2, 0.25) is 0 Å². The van der Waals surface area contributed by atoms with Crippen LogP contribution in [0, 0.1) is 5.82 Å². The molecule has 1 saturated heterocycles. The summed E-state index contributed by atoms with van der Waals surface area (Å²) in [6.45, 7) is 0.767. The van der Waals surface area contributed by atoms with Crippen LogP contribution in [-0.4, -0.2) is 60.2 Å². The maximum atomic E-state index is 13.3. The largest absolute Gasteiger partial charge is 0.573 e. The SMILES string of the molecule is O=S(=O)(c1ccc(OC(F)(F)F)cc1)N1CCN(c2nc(Nc3ccc(F)cc3)cc(-c3cncs3)n2)CC1. The van der Waals surface area contributed by atoms with Gasteiger partial charge in [0.1, 0.15) is 17.4 Å². The molecule has 5 rings (SSSR count). The van der Waals surface area contributed by atoms with E-state index >= 15 is 0 Å². The number of halogens is 4. The zero-order chi connectivity index (χ0) is 27.6. The lowest BCUT2D eigenvalue weighted by Gasteiger charge is -2.34. The van der Waals surface area contributed by atoms with Gasteiger partial charge in [0, 0.05) is 44.1 Å². The Labute approximate surface area is 224 Å². The third-order valence-electron chi connectivity index (χ3n) is 5.73. The molecular weight excluding hydrogens is 560 g/mol. The molecule has 0 bridgehead atoms. The number of alkyl halides is 3. The third-order valence-corrected chi connectivity index (χ3v) is 8.44. The number of nitrogens with zero attached hydrogens (tertiary/aromatic N) is 5. The lowest BCUT2D eigenvalue weighted by molar-refractivity contribution is -0.274. The van der Waals surface area contributed by atoms with Gasteiger partial charge in [0.25, 0.3) is 0 Å². The average Bonchev–Trinajstić information content (AvgIpc) is 3.45. The molecule has 0 aliphatic carbocycles. The number of thiazole rings is 1. The smallest absolute Gasteiger partial charge is 0.406 e. The Morgan fingerprint density at radius 3 is 2.26 bits per heavy atom. The van der Waals surface area contributed by atoms with Crippen molar-refractivity contribution in [3.63, 3.8) is 0 Å². The fourth-order valence-corrected chi connectivity index (χ4v) is 5.88. The highest BCUT2D eigenvalue weighted by Gasteiger charge is 2.32. The number of sulfonamides is 1. The molecule has 0 atom stereocenters. The number of piperazine rings is 1. The molecule has 1 aliphatic rings. The van der Waals surface area contributed by atoms with Crippen molar-refractivity contribution in [2.24, 2.45) is 0 Å². The molecule has 0 unspecified atom stereocenters. The maximum absolute atomic E-state index is 13.3. The van der Waals surface area contributed by atoms with Crippen LogP contribution in [0.25, 0.3) is 10.6 Å². The van der Waals surface area contributed by atoms with E-state index in [1.165, 1.54) is 27.8 Å². The zero-order valence-electron chi connectivity index (χ0n) is 20.0. The maximum Gasteiger partial charge on any atom is 0.573 e. The fourth-order valence-electron chi connectivity index (χ4n) is 3.88. The molecule has 0 saturated carbocycles. The molecule has 2 aromatic carbocycles. The molecule has 1 N–H and O–H groups in total. The van der Waals surface area contributed by atoms with E-state index < -0.39 is 22.1 Å². The second kappa shape index (κ2) is 10.7.